The van der Waals surface area contributed by atoms with Crippen LogP contribution in [0.2, 0.25) is 0 Å². The molecule has 6 nitrogen and oxygen atoms in total. The van der Waals surface area contributed by atoms with Crippen molar-refractivity contribution < 1.29 is 15.0 Å². The number of pyridine rings is 1. The van der Waals surface area contributed by atoms with Crippen LogP contribution in [0, 0.1) is 0 Å². The Kier molecular flexibility index (Phi) is 5.12. The van der Waals surface area contributed by atoms with Crippen molar-refractivity contribution in [3.8, 4) is 16.9 Å². The van der Waals surface area contributed by atoms with Gasteiger partial charge in [-0.15, -0.1) is 0 Å². The monoisotopic (exact) mass is 377 g/mol. The molecule has 0 bridgehead atoms. The van der Waals surface area contributed by atoms with Crippen LogP contribution in [0.4, 0.5) is 4.79 Å². The summed E-state index contributed by atoms with van der Waals surface area (Å²) in [6, 6.07) is 14.0. The zero-order valence-corrected chi connectivity index (χ0v) is 15.5. The number of phenols is 1. The SMILES string of the molecule is O=C(O)NC1CCN(Cc2cc3c(-c4ccccc4)cncc3cc2O)CC1. The van der Waals surface area contributed by atoms with Crippen LogP contribution in [0.15, 0.2) is 54.9 Å². The second kappa shape index (κ2) is 7.86. The summed E-state index contributed by atoms with van der Waals surface area (Å²) < 4.78 is 0. The summed E-state index contributed by atoms with van der Waals surface area (Å²) in [5.74, 6) is 0.269. The Bertz CT molecular complexity index is 983. The molecule has 3 aromatic rings. The van der Waals surface area contributed by atoms with Gasteiger partial charge in [0.2, 0.25) is 0 Å². The Balaban J connectivity index is 1.58. The minimum Gasteiger partial charge on any atom is -0.508 e. The number of likely N-dealkylation sites (tertiary alicyclic amines) is 1. The van der Waals surface area contributed by atoms with Crippen LogP contribution in [-0.4, -0.2) is 45.3 Å². The molecule has 0 unspecified atom stereocenters. The van der Waals surface area contributed by atoms with Gasteiger partial charge >= 0.3 is 6.09 Å². The van der Waals surface area contributed by atoms with Gasteiger partial charge in [0.05, 0.1) is 0 Å². The summed E-state index contributed by atoms with van der Waals surface area (Å²) in [6.07, 6.45) is 4.22. The smallest absolute Gasteiger partial charge is 0.404 e. The highest BCUT2D eigenvalue weighted by atomic mass is 16.4. The number of benzene rings is 2. The predicted octanol–water partition coefficient (Wildman–Crippen LogP) is 3.84. The highest BCUT2D eigenvalue weighted by molar-refractivity contribution is 5.97. The number of rotatable bonds is 4. The minimum atomic E-state index is -0.965. The van der Waals surface area contributed by atoms with Crippen LogP contribution in [-0.2, 0) is 6.54 Å². The zero-order valence-electron chi connectivity index (χ0n) is 15.5. The third-order valence-electron chi connectivity index (χ3n) is 5.35. The van der Waals surface area contributed by atoms with Crippen molar-refractivity contribution in [2.24, 2.45) is 0 Å². The molecule has 3 N–H and O–H groups in total. The molecule has 0 aliphatic carbocycles. The highest BCUT2D eigenvalue weighted by Gasteiger charge is 2.21. The van der Waals surface area contributed by atoms with Crippen LogP contribution in [0.5, 0.6) is 5.75 Å². The first-order chi connectivity index (χ1) is 13.6. The largest absolute Gasteiger partial charge is 0.508 e. The number of nitrogens with zero attached hydrogens (tertiary/aromatic N) is 2. The van der Waals surface area contributed by atoms with Gasteiger partial charge in [0.1, 0.15) is 5.75 Å². The number of phenolic OH excluding ortho intramolecular Hbond substituents is 1. The van der Waals surface area contributed by atoms with Gasteiger partial charge < -0.3 is 15.5 Å². The Morgan fingerprint density at radius 1 is 1.14 bits per heavy atom. The Hall–Kier alpha value is -3.12. The highest BCUT2D eigenvalue weighted by Crippen LogP contribution is 2.33. The van der Waals surface area contributed by atoms with Gasteiger partial charge in [0.15, 0.2) is 0 Å². The summed E-state index contributed by atoms with van der Waals surface area (Å²) in [5.41, 5.74) is 3.02. The van der Waals surface area contributed by atoms with E-state index in [4.69, 9.17) is 5.11 Å². The lowest BCUT2D eigenvalue weighted by Gasteiger charge is -2.32. The first-order valence-corrected chi connectivity index (χ1v) is 9.47. The molecule has 2 aromatic carbocycles. The number of aromatic nitrogens is 1. The van der Waals surface area contributed by atoms with E-state index in [9.17, 15) is 9.90 Å². The molecule has 0 saturated carbocycles. The van der Waals surface area contributed by atoms with Crippen molar-refractivity contribution >= 4 is 16.9 Å². The van der Waals surface area contributed by atoms with E-state index in [-0.39, 0.29) is 11.8 Å². The molecule has 28 heavy (non-hydrogen) atoms. The fraction of sp³-hybridized carbons (Fsp3) is 0.273. The number of carboxylic acid groups (broad SMARTS) is 1. The molecule has 144 valence electrons. The number of hydrogen-bond donors (Lipinski definition) is 3. The number of amides is 1. The number of nitrogens with one attached hydrogen (secondary N) is 1. The number of carbonyl (C=O) groups is 1. The topological polar surface area (TPSA) is 85.7 Å². The molecule has 1 aliphatic rings. The van der Waals surface area contributed by atoms with Gasteiger partial charge in [-0.3, -0.25) is 9.88 Å². The molecule has 4 rings (SSSR count). The fourth-order valence-corrected chi connectivity index (χ4v) is 3.88. The zero-order chi connectivity index (χ0) is 19.5. The van der Waals surface area contributed by atoms with E-state index >= 15 is 0 Å². The third kappa shape index (κ3) is 3.92. The average molecular weight is 377 g/mol. The van der Waals surface area contributed by atoms with Crippen molar-refractivity contribution in [1.82, 2.24) is 15.2 Å². The standard InChI is InChI=1S/C22H23N3O3/c26-21-11-16-12-23-13-20(15-4-2-1-3-5-15)19(16)10-17(21)14-25-8-6-18(7-9-25)24-22(27)28/h1-5,10-13,18,24,26H,6-9,14H2,(H,27,28). The lowest BCUT2D eigenvalue weighted by atomic mass is 9.98. The van der Waals surface area contributed by atoms with Crippen molar-refractivity contribution in [2.75, 3.05) is 13.1 Å². The van der Waals surface area contributed by atoms with Gasteiger partial charge in [0.25, 0.3) is 0 Å². The van der Waals surface area contributed by atoms with E-state index in [0.717, 1.165) is 53.4 Å². The van der Waals surface area contributed by atoms with Crippen molar-refractivity contribution in [1.29, 1.82) is 0 Å². The van der Waals surface area contributed by atoms with Crippen LogP contribution >= 0.6 is 0 Å². The van der Waals surface area contributed by atoms with E-state index in [1.165, 1.54) is 0 Å². The van der Waals surface area contributed by atoms with Crippen molar-refractivity contribution in [2.45, 2.75) is 25.4 Å². The summed E-state index contributed by atoms with van der Waals surface area (Å²) in [4.78, 5) is 17.4. The van der Waals surface area contributed by atoms with Gasteiger partial charge in [0, 0.05) is 54.6 Å². The summed E-state index contributed by atoms with van der Waals surface area (Å²) in [7, 11) is 0. The average Bonchev–Trinajstić information content (AvgIpc) is 2.70. The molecule has 0 spiro atoms. The maximum absolute atomic E-state index is 10.8. The fourth-order valence-electron chi connectivity index (χ4n) is 3.88. The molecule has 1 saturated heterocycles. The van der Waals surface area contributed by atoms with Crippen LogP contribution in [0.1, 0.15) is 18.4 Å². The van der Waals surface area contributed by atoms with Gasteiger partial charge in [-0.25, -0.2) is 4.79 Å². The molecular weight excluding hydrogens is 354 g/mol. The molecule has 1 fully saturated rings. The molecule has 1 aliphatic heterocycles. The summed E-state index contributed by atoms with van der Waals surface area (Å²) in [5, 5.41) is 23.9. The van der Waals surface area contributed by atoms with Gasteiger partial charge in [-0.2, -0.15) is 0 Å². The van der Waals surface area contributed by atoms with E-state index in [2.05, 4.69) is 33.4 Å². The van der Waals surface area contributed by atoms with Crippen LogP contribution in [0.3, 0.4) is 0 Å². The molecule has 1 aromatic heterocycles. The third-order valence-corrected chi connectivity index (χ3v) is 5.35. The molecule has 6 heteroatoms. The summed E-state index contributed by atoms with van der Waals surface area (Å²) >= 11 is 0. The van der Waals surface area contributed by atoms with Gasteiger partial charge in [-0.05, 0) is 35.9 Å². The maximum Gasteiger partial charge on any atom is 0.404 e. The quantitative estimate of drug-likeness (QED) is 0.643. The molecular formula is C22H23N3O3. The van der Waals surface area contributed by atoms with Crippen LogP contribution < -0.4 is 5.32 Å². The maximum atomic E-state index is 10.8. The van der Waals surface area contributed by atoms with E-state index in [0.29, 0.717) is 6.54 Å². The minimum absolute atomic E-state index is 0.00899. The number of aromatic hydroxyl groups is 1. The molecule has 0 atom stereocenters. The molecule has 2 heterocycles. The van der Waals surface area contributed by atoms with E-state index < -0.39 is 6.09 Å². The molecule has 0 radical (unpaired) electrons. The van der Waals surface area contributed by atoms with E-state index in [1.807, 2.05) is 24.4 Å². The van der Waals surface area contributed by atoms with Gasteiger partial charge in [-0.1, -0.05) is 30.3 Å². The van der Waals surface area contributed by atoms with Crippen molar-refractivity contribution in [3.63, 3.8) is 0 Å². The lowest BCUT2D eigenvalue weighted by molar-refractivity contribution is 0.165. The second-order valence-corrected chi connectivity index (χ2v) is 7.26. The normalized spacial score (nSPS) is 15.6. The first-order valence-electron chi connectivity index (χ1n) is 9.47. The van der Waals surface area contributed by atoms with Crippen molar-refractivity contribution in [3.05, 3.63) is 60.4 Å². The predicted molar refractivity (Wildman–Crippen MR) is 108 cm³/mol. The number of piperidine rings is 1. The first kappa shape index (κ1) is 18.3. The van der Waals surface area contributed by atoms with E-state index in [1.54, 1.807) is 12.3 Å². The lowest BCUT2D eigenvalue weighted by Crippen LogP contribution is -2.43. The molecule has 1 amide bonds. The second-order valence-electron chi connectivity index (χ2n) is 7.26. The number of hydrogen-bond acceptors (Lipinski definition) is 4. The summed E-state index contributed by atoms with van der Waals surface area (Å²) in [6.45, 7) is 2.23. The van der Waals surface area contributed by atoms with Crippen LogP contribution in [0.25, 0.3) is 21.9 Å². The number of fused-ring (bicyclic) bond motifs is 1. The Labute approximate surface area is 163 Å². The Morgan fingerprint density at radius 2 is 1.89 bits per heavy atom. The Morgan fingerprint density at radius 3 is 2.61 bits per heavy atom.